The van der Waals surface area contributed by atoms with Gasteiger partial charge in [-0.25, -0.2) is 4.79 Å². The van der Waals surface area contributed by atoms with Crippen molar-refractivity contribution in [2.45, 2.75) is 90.4 Å². The zero-order valence-corrected chi connectivity index (χ0v) is 26.5. The number of thiol groups is 1. The second-order valence-corrected chi connectivity index (χ2v) is 16.1. The number of aliphatic carboxylic acids is 1. The van der Waals surface area contributed by atoms with Gasteiger partial charge in [-0.05, 0) is 76.9 Å². The Kier molecular flexibility index (Phi) is 13.2. The number of carbonyl (C=O) groups excluding carboxylic acids is 1. The maximum atomic E-state index is 14.0. The molecule has 3 unspecified atom stereocenters. The first-order chi connectivity index (χ1) is 17.8. The van der Waals surface area contributed by atoms with Crippen LogP contribution in [0.3, 0.4) is 0 Å². The second kappa shape index (κ2) is 15.1. The first-order valence-electron chi connectivity index (χ1n) is 13.9. The van der Waals surface area contributed by atoms with Crippen molar-refractivity contribution in [3.05, 3.63) is 11.0 Å². The number of carbonyl (C=O) groups is 2. The van der Waals surface area contributed by atoms with Crippen molar-refractivity contribution in [2.75, 3.05) is 25.7 Å². The van der Waals surface area contributed by atoms with Gasteiger partial charge in [0, 0.05) is 30.7 Å². The van der Waals surface area contributed by atoms with Crippen LogP contribution in [-0.2, 0) is 18.7 Å². The summed E-state index contributed by atoms with van der Waals surface area (Å²) in [5.74, 6) is 6.74. The van der Waals surface area contributed by atoms with Gasteiger partial charge in [-0.2, -0.15) is 17.2 Å². The zero-order chi connectivity index (χ0) is 28.5. The highest BCUT2D eigenvalue weighted by molar-refractivity contribution is 8.04. The van der Waals surface area contributed by atoms with Crippen LogP contribution in [0.25, 0.3) is 0 Å². The van der Waals surface area contributed by atoms with Crippen molar-refractivity contribution < 1.29 is 28.4 Å². The lowest BCUT2D eigenvalue weighted by Crippen LogP contribution is -2.44. The summed E-state index contributed by atoms with van der Waals surface area (Å²) in [5.41, 5.74) is -0.167. The Balaban J connectivity index is 2.43. The molecule has 2 aliphatic rings. The van der Waals surface area contributed by atoms with Crippen LogP contribution in [0.4, 0.5) is 0 Å². The number of nitrogens with zero attached hydrogens (tertiary/aromatic N) is 1. The number of thioether (sulfide) groups is 1. The molecule has 2 rings (SSSR count). The van der Waals surface area contributed by atoms with Gasteiger partial charge in [0.25, 0.3) is 0 Å². The molecule has 1 fully saturated rings. The molecular weight excluding hydrogens is 537 g/mol. The minimum Gasteiger partial charge on any atom is -0.480 e. The fourth-order valence-corrected chi connectivity index (χ4v) is 6.61. The van der Waals surface area contributed by atoms with Crippen LogP contribution >= 0.6 is 31.8 Å². The minimum absolute atomic E-state index is 0.0140. The Labute approximate surface area is 239 Å². The number of hydrogen-bond acceptors (Lipinski definition) is 6. The number of allylic oxidation sites excluding steroid dienone is 1. The maximum Gasteiger partial charge on any atom is 0.390 e. The number of carboxylic acids is 1. The van der Waals surface area contributed by atoms with Gasteiger partial charge in [-0.3, -0.25) is 9.36 Å². The van der Waals surface area contributed by atoms with Gasteiger partial charge >= 0.3 is 11.9 Å². The molecule has 0 bridgehead atoms. The summed E-state index contributed by atoms with van der Waals surface area (Å²) < 4.78 is 19.1. The fraction of sp³-hybridized carbons (Fsp3) is 0.759. The van der Waals surface area contributed by atoms with Crippen LogP contribution in [0.2, 0.25) is 0 Å². The molecule has 0 radical (unpaired) electrons. The highest BCUT2D eigenvalue weighted by Crippen LogP contribution is 2.38. The van der Waals surface area contributed by atoms with Crippen LogP contribution in [-0.4, -0.2) is 64.8 Å². The van der Waals surface area contributed by atoms with Gasteiger partial charge in [-0.15, -0.1) is 0 Å². The van der Waals surface area contributed by atoms with Crippen LogP contribution in [0, 0.1) is 35.0 Å². The Hall–Kier alpha value is -1.00. The summed E-state index contributed by atoms with van der Waals surface area (Å²) in [6.45, 7) is 12.0. The summed E-state index contributed by atoms with van der Waals surface area (Å²) >= 11 is 5.69. The van der Waals surface area contributed by atoms with E-state index in [2.05, 4.69) is 52.2 Å². The molecule has 1 saturated carbocycles. The number of hydrogen-bond donors (Lipinski definition) is 2. The third-order valence-electron chi connectivity index (χ3n) is 7.47. The average molecular weight is 585 g/mol. The van der Waals surface area contributed by atoms with Crippen molar-refractivity contribution in [2.24, 2.45) is 23.2 Å². The molecule has 0 spiro atoms. The summed E-state index contributed by atoms with van der Waals surface area (Å²) in [6.07, 6.45) is 10.6. The standard InChI is InChI=1S/C29H46NO5PS2/c1-7-29(3,4)16-14-24-19-25(26(38-24)28(32)33)30(27(31)23-12-10-21(2)11-13-23)20-22(15-18-37)9-8-17-35-36(5,6)34/h19-23,25-26H,7-13,15,17-18H2,1-6H3,(H-,32,33,37)/p+1. The molecule has 38 heavy (non-hydrogen) atoms. The monoisotopic (exact) mass is 584 g/mol. The lowest BCUT2D eigenvalue weighted by Gasteiger charge is -2.25. The summed E-state index contributed by atoms with van der Waals surface area (Å²) in [5, 5.41) is 9.32. The molecule has 1 N–H and O–H groups in total. The predicted molar refractivity (Wildman–Crippen MR) is 162 cm³/mol. The molecule has 3 atom stereocenters. The molecule has 0 aromatic rings. The lowest BCUT2D eigenvalue weighted by atomic mass is 9.82. The first-order valence-corrected chi connectivity index (χ1v) is 17.9. The van der Waals surface area contributed by atoms with E-state index in [1.54, 1.807) is 17.9 Å². The van der Waals surface area contributed by atoms with E-state index < -0.39 is 24.6 Å². The molecular formula is C29H47NO5PS2+. The largest absolute Gasteiger partial charge is 0.480 e. The van der Waals surface area contributed by atoms with E-state index in [1.807, 2.05) is 12.3 Å². The maximum absolute atomic E-state index is 14.0. The van der Waals surface area contributed by atoms with E-state index in [9.17, 15) is 19.3 Å². The molecule has 6 nitrogen and oxygen atoms in total. The molecule has 1 amide bonds. The van der Waals surface area contributed by atoms with Crippen molar-refractivity contribution in [1.82, 2.24) is 0 Å². The summed E-state index contributed by atoms with van der Waals surface area (Å²) in [7, 11) is -2.55. The Morgan fingerprint density at radius 2 is 1.95 bits per heavy atom. The van der Waals surface area contributed by atoms with Crippen molar-refractivity contribution in [1.29, 1.82) is 0 Å². The fourth-order valence-electron chi connectivity index (χ4n) is 4.66. The third-order valence-corrected chi connectivity index (χ3v) is 9.76. The van der Waals surface area contributed by atoms with E-state index in [4.69, 9.17) is 4.52 Å². The van der Waals surface area contributed by atoms with Crippen molar-refractivity contribution in [3.8, 4) is 11.8 Å². The van der Waals surface area contributed by atoms with E-state index in [0.717, 1.165) is 44.9 Å². The quantitative estimate of drug-likeness (QED) is 0.0673. The smallest absolute Gasteiger partial charge is 0.390 e. The van der Waals surface area contributed by atoms with E-state index >= 15 is 0 Å². The van der Waals surface area contributed by atoms with E-state index in [0.29, 0.717) is 29.6 Å². The van der Waals surface area contributed by atoms with E-state index in [1.165, 1.54) is 11.8 Å². The highest BCUT2D eigenvalue weighted by atomic mass is 32.2. The molecule has 0 saturated heterocycles. The number of rotatable bonds is 12. The topological polar surface area (TPSA) is 83.7 Å². The lowest BCUT2D eigenvalue weighted by molar-refractivity contribution is -0.476. The number of amides is 1. The van der Waals surface area contributed by atoms with E-state index in [-0.39, 0.29) is 23.2 Å². The van der Waals surface area contributed by atoms with Crippen LogP contribution < -0.4 is 0 Å². The zero-order valence-electron chi connectivity index (χ0n) is 23.9. The molecule has 9 heteroatoms. The van der Waals surface area contributed by atoms with Crippen molar-refractivity contribution >= 4 is 49.9 Å². The molecule has 214 valence electrons. The normalized spacial score (nSPS) is 25.3. The predicted octanol–water partition coefficient (Wildman–Crippen LogP) is 6.59. The van der Waals surface area contributed by atoms with Gasteiger partial charge < -0.3 is 9.63 Å². The molecule has 1 heterocycles. The Morgan fingerprint density at radius 3 is 2.50 bits per heavy atom. The van der Waals surface area contributed by atoms with Gasteiger partial charge in [-0.1, -0.05) is 37.5 Å². The van der Waals surface area contributed by atoms with Gasteiger partial charge in [0.15, 0.2) is 18.8 Å². The Bertz CT molecular complexity index is 998. The minimum atomic E-state index is -2.55. The van der Waals surface area contributed by atoms with Gasteiger partial charge in [0.2, 0.25) is 6.04 Å². The molecule has 1 aliphatic carbocycles. The SMILES string of the molecule is CCC(C)(C)C#CC1=CC([N+](=CC(CCS)CCCOP(C)(C)=O)C(=O)C2CCC(C)CC2)C(C(=O)O)S1. The third kappa shape index (κ3) is 10.9. The molecule has 0 aromatic heterocycles. The van der Waals surface area contributed by atoms with Crippen LogP contribution in [0.1, 0.15) is 79.1 Å². The summed E-state index contributed by atoms with van der Waals surface area (Å²) in [4.78, 5) is 27.1. The number of carboxylic acid groups (broad SMARTS) is 1. The molecule has 0 aromatic carbocycles. The molecule has 1 aliphatic heterocycles. The van der Waals surface area contributed by atoms with Crippen LogP contribution in [0.15, 0.2) is 11.0 Å². The average Bonchev–Trinajstić information content (AvgIpc) is 3.28. The first kappa shape index (κ1) is 33.2. The van der Waals surface area contributed by atoms with Crippen molar-refractivity contribution in [3.63, 3.8) is 0 Å². The highest BCUT2D eigenvalue weighted by Gasteiger charge is 2.46. The second-order valence-electron chi connectivity index (χ2n) is 11.7. The van der Waals surface area contributed by atoms with Gasteiger partial charge in [0.1, 0.15) is 0 Å². The Morgan fingerprint density at radius 1 is 1.29 bits per heavy atom. The summed E-state index contributed by atoms with van der Waals surface area (Å²) in [6, 6.07) is -0.594. The van der Waals surface area contributed by atoms with Gasteiger partial charge in [0.05, 0.1) is 17.4 Å². The van der Waals surface area contributed by atoms with Crippen LogP contribution in [0.5, 0.6) is 0 Å².